The fraction of sp³-hybridized carbons (Fsp3) is 0.630. The van der Waals surface area contributed by atoms with Gasteiger partial charge in [-0.3, -0.25) is 19.3 Å². The summed E-state index contributed by atoms with van der Waals surface area (Å²) in [5.41, 5.74) is 1.82. The minimum atomic E-state index is -0.900. The number of hydrogen-bond donors (Lipinski definition) is 2. The van der Waals surface area contributed by atoms with Gasteiger partial charge in [-0.15, -0.1) is 0 Å². The molecule has 2 heterocycles. The van der Waals surface area contributed by atoms with Crippen LogP contribution in [0.2, 0.25) is 0 Å². The Bertz CT molecular complexity index is 1010. The molecule has 3 aliphatic rings. The number of amides is 5. The minimum Gasteiger partial charge on any atom is -0.376 e. The van der Waals surface area contributed by atoms with Crippen LogP contribution in [0, 0.1) is 19.8 Å². The van der Waals surface area contributed by atoms with Crippen LogP contribution in [-0.2, 0) is 19.1 Å². The maximum Gasteiger partial charge on any atom is 0.325 e. The van der Waals surface area contributed by atoms with Crippen molar-refractivity contribution in [3.8, 4) is 0 Å². The number of aryl methyl sites for hydroxylation is 1. The monoisotopic (exact) mass is 498 g/mol. The number of rotatable bonds is 8. The predicted molar refractivity (Wildman–Crippen MR) is 135 cm³/mol. The van der Waals surface area contributed by atoms with E-state index in [2.05, 4.69) is 17.6 Å². The molecule has 3 fully saturated rings. The van der Waals surface area contributed by atoms with Crippen molar-refractivity contribution in [1.82, 2.24) is 15.1 Å². The highest BCUT2D eigenvalue weighted by Crippen LogP contribution is 2.37. The molecule has 9 nitrogen and oxygen atoms in total. The van der Waals surface area contributed by atoms with Gasteiger partial charge in [0.05, 0.1) is 6.10 Å². The summed E-state index contributed by atoms with van der Waals surface area (Å²) in [6.07, 6.45) is 5.55. The quantitative estimate of drug-likeness (QED) is 0.536. The highest BCUT2D eigenvalue weighted by molar-refractivity contribution is 6.09. The van der Waals surface area contributed by atoms with Crippen molar-refractivity contribution in [3.63, 3.8) is 0 Å². The van der Waals surface area contributed by atoms with Gasteiger partial charge < -0.3 is 20.3 Å². The van der Waals surface area contributed by atoms with E-state index in [4.69, 9.17) is 4.74 Å². The second-order valence-corrected chi connectivity index (χ2v) is 10.5. The Hall–Kier alpha value is -2.94. The van der Waals surface area contributed by atoms with Crippen LogP contribution in [0.4, 0.5) is 10.5 Å². The fourth-order valence-corrected chi connectivity index (χ4v) is 5.51. The van der Waals surface area contributed by atoms with Crippen LogP contribution < -0.4 is 10.6 Å². The number of ether oxygens (including phenoxy) is 1. The van der Waals surface area contributed by atoms with Gasteiger partial charge in [-0.2, -0.15) is 0 Å². The molecule has 0 aromatic heterocycles. The van der Waals surface area contributed by atoms with Gasteiger partial charge in [0, 0.05) is 18.8 Å². The van der Waals surface area contributed by atoms with Crippen molar-refractivity contribution in [2.75, 3.05) is 31.6 Å². The molecule has 196 valence electrons. The molecule has 0 radical (unpaired) electrons. The first kappa shape index (κ1) is 26.1. The van der Waals surface area contributed by atoms with Crippen LogP contribution in [0.5, 0.6) is 0 Å². The highest BCUT2D eigenvalue weighted by Gasteiger charge is 2.52. The molecule has 1 unspecified atom stereocenters. The summed E-state index contributed by atoms with van der Waals surface area (Å²) in [6.45, 7) is 6.34. The molecule has 0 bridgehead atoms. The summed E-state index contributed by atoms with van der Waals surface area (Å²) in [7, 11) is 0. The number of benzene rings is 1. The number of imide groups is 1. The summed E-state index contributed by atoms with van der Waals surface area (Å²) in [5.74, 6) is -0.535. The maximum absolute atomic E-state index is 13.4. The molecule has 1 saturated carbocycles. The molecule has 1 spiro atoms. The SMILES string of the molecule is CCC1CCC2(CC1)NC(=O)N(CC(=O)N(CC(=O)Nc1cccc(C)c1C)CC1CCCO1)C2=O. The van der Waals surface area contributed by atoms with E-state index < -0.39 is 17.5 Å². The van der Waals surface area contributed by atoms with E-state index in [0.29, 0.717) is 31.1 Å². The van der Waals surface area contributed by atoms with Crippen molar-refractivity contribution in [2.45, 2.75) is 77.4 Å². The molecule has 2 aliphatic heterocycles. The smallest absolute Gasteiger partial charge is 0.325 e. The van der Waals surface area contributed by atoms with Gasteiger partial charge in [0.15, 0.2) is 0 Å². The third-order valence-electron chi connectivity index (χ3n) is 8.09. The molecule has 4 rings (SSSR count). The van der Waals surface area contributed by atoms with Crippen molar-refractivity contribution in [2.24, 2.45) is 5.92 Å². The third kappa shape index (κ3) is 5.56. The number of carbonyl (C=O) groups is 4. The van der Waals surface area contributed by atoms with Gasteiger partial charge in [-0.1, -0.05) is 25.5 Å². The summed E-state index contributed by atoms with van der Waals surface area (Å²) >= 11 is 0. The number of anilines is 1. The van der Waals surface area contributed by atoms with E-state index in [9.17, 15) is 19.2 Å². The molecular weight excluding hydrogens is 460 g/mol. The molecule has 9 heteroatoms. The second kappa shape index (κ2) is 11.0. The number of hydrogen-bond acceptors (Lipinski definition) is 5. The molecule has 36 heavy (non-hydrogen) atoms. The van der Waals surface area contributed by atoms with Gasteiger partial charge >= 0.3 is 6.03 Å². The Balaban J connectivity index is 1.43. The first-order chi connectivity index (χ1) is 17.2. The molecule has 1 aliphatic carbocycles. The van der Waals surface area contributed by atoms with Gasteiger partial charge in [0.1, 0.15) is 18.6 Å². The second-order valence-electron chi connectivity index (χ2n) is 10.5. The lowest BCUT2D eigenvalue weighted by Gasteiger charge is -2.34. The van der Waals surface area contributed by atoms with Crippen LogP contribution >= 0.6 is 0 Å². The lowest BCUT2D eigenvalue weighted by atomic mass is 9.75. The standard InChI is InChI=1S/C27H38N4O5/c1-4-20-10-12-27(13-11-20)25(34)31(26(35)29-27)17-24(33)30(15-21-8-6-14-36-21)16-23(32)28-22-9-5-7-18(2)19(22)3/h5,7,9,20-21H,4,6,8,10-17H2,1-3H3,(H,28,32)(H,29,35). The van der Waals surface area contributed by atoms with Crippen molar-refractivity contribution in [3.05, 3.63) is 29.3 Å². The molecule has 5 amide bonds. The normalized spacial score (nSPS) is 25.8. The number of carbonyl (C=O) groups excluding carboxylic acids is 4. The van der Waals surface area contributed by atoms with E-state index in [-0.39, 0.29) is 37.6 Å². The minimum absolute atomic E-state index is 0.166. The van der Waals surface area contributed by atoms with Crippen molar-refractivity contribution < 1.29 is 23.9 Å². The average molecular weight is 499 g/mol. The lowest BCUT2D eigenvalue weighted by Crippen LogP contribution is -2.51. The van der Waals surface area contributed by atoms with E-state index in [1.54, 1.807) is 0 Å². The van der Waals surface area contributed by atoms with Gasteiger partial charge in [0.2, 0.25) is 11.8 Å². The first-order valence-corrected chi connectivity index (χ1v) is 13.1. The van der Waals surface area contributed by atoms with Crippen LogP contribution in [0.3, 0.4) is 0 Å². The van der Waals surface area contributed by atoms with E-state index >= 15 is 0 Å². The molecule has 1 aromatic carbocycles. The van der Waals surface area contributed by atoms with E-state index in [1.807, 2.05) is 32.0 Å². The summed E-state index contributed by atoms with van der Waals surface area (Å²) < 4.78 is 5.71. The van der Waals surface area contributed by atoms with E-state index in [0.717, 1.165) is 48.1 Å². The van der Waals surface area contributed by atoms with Crippen molar-refractivity contribution >= 4 is 29.4 Å². The number of nitrogens with zero attached hydrogens (tertiary/aromatic N) is 2. The summed E-state index contributed by atoms with van der Waals surface area (Å²) in [6, 6.07) is 5.14. The topological polar surface area (TPSA) is 108 Å². The molecule has 2 N–H and O–H groups in total. The zero-order valence-corrected chi connectivity index (χ0v) is 21.6. The zero-order valence-electron chi connectivity index (χ0n) is 21.6. The number of urea groups is 1. The van der Waals surface area contributed by atoms with Gasteiger partial charge in [-0.05, 0) is 75.5 Å². The van der Waals surface area contributed by atoms with Crippen LogP contribution in [0.25, 0.3) is 0 Å². The van der Waals surface area contributed by atoms with Crippen LogP contribution in [0.1, 0.15) is 63.0 Å². The third-order valence-corrected chi connectivity index (χ3v) is 8.09. The molecule has 2 saturated heterocycles. The van der Waals surface area contributed by atoms with Crippen LogP contribution in [-0.4, -0.2) is 71.4 Å². The molecular formula is C27H38N4O5. The van der Waals surface area contributed by atoms with E-state index in [1.165, 1.54) is 4.90 Å². The molecule has 1 aromatic rings. The lowest BCUT2D eigenvalue weighted by molar-refractivity contribution is -0.141. The van der Waals surface area contributed by atoms with Gasteiger partial charge in [-0.25, -0.2) is 4.79 Å². The summed E-state index contributed by atoms with van der Waals surface area (Å²) in [5, 5.41) is 5.77. The average Bonchev–Trinajstić information content (AvgIpc) is 3.44. The highest BCUT2D eigenvalue weighted by atomic mass is 16.5. The van der Waals surface area contributed by atoms with Gasteiger partial charge in [0.25, 0.3) is 5.91 Å². The Labute approximate surface area is 212 Å². The largest absolute Gasteiger partial charge is 0.376 e. The number of nitrogens with one attached hydrogen (secondary N) is 2. The predicted octanol–water partition coefficient (Wildman–Crippen LogP) is 3.14. The van der Waals surface area contributed by atoms with Crippen LogP contribution in [0.15, 0.2) is 18.2 Å². The Morgan fingerprint density at radius 1 is 1.19 bits per heavy atom. The Morgan fingerprint density at radius 2 is 1.94 bits per heavy atom. The zero-order chi connectivity index (χ0) is 25.9. The maximum atomic E-state index is 13.4. The van der Waals surface area contributed by atoms with Crippen molar-refractivity contribution in [1.29, 1.82) is 0 Å². The summed E-state index contributed by atoms with van der Waals surface area (Å²) in [4.78, 5) is 54.8. The Kier molecular flexibility index (Phi) is 7.97. The first-order valence-electron chi connectivity index (χ1n) is 13.1. The fourth-order valence-electron chi connectivity index (χ4n) is 5.51. The Morgan fingerprint density at radius 3 is 2.61 bits per heavy atom. The molecule has 1 atom stereocenters.